The third-order valence-corrected chi connectivity index (χ3v) is 1.74. The van der Waals surface area contributed by atoms with E-state index < -0.39 is 0 Å². The minimum absolute atomic E-state index is 0. The third kappa shape index (κ3) is 2.19. The summed E-state index contributed by atoms with van der Waals surface area (Å²) in [4.78, 5) is 0. The van der Waals surface area contributed by atoms with Gasteiger partial charge in [-0.15, -0.1) is 0 Å². The zero-order chi connectivity index (χ0) is 7.68. The molecule has 1 fully saturated rings. The Morgan fingerprint density at radius 1 is 1.75 bits per heavy atom. The molecule has 0 aliphatic carbocycles. The Bertz CT molecular complexity index is 268. The van der Waals surface area contributed by atoms with E-state index in [1.807, 2.05) is 23.3 Å². The monoisotopic (exact) mass is 230 g/mol. The molecule has 0 saturated carbocycles. The molecule has 2 rings (SSSR count). The summed E-state index contributed by atoms with van der Waals surface area (Å²) in [7, 11) is 0. The first-order chi connectivity index (χ1) is 5.38. The number of hydrogen-bond acceptors (Lipinski definition) is 1. The van der Waals surface area contributed by atoms with Crippen LogP contribution < -0.4 is 21.5 Å². The van der Waals surface area contributed by atoms with Gasteiger partial charge in [0.15, 0.2) is 0 Å². The number of aromatic nitrogens is 2. The summed E-state index contributed by atoms with van der Waals surface area (Å²) in [6.07, 6.45) is 8.19. The number of nitrogens with zero attached hydrogens (tertiary/aromatic N) is 2. The smallest absolute Gasteiger partial charge is 0.248 e. The van der Waals surface area contributed by atoms with Crippen molar-refractivity contribution in [1.29, 1.82) is 0 Å². The van der Waals surface area contributed by atoms with Crippen LogP contribution in [0, 0.1) is 0 Å². The second kappa shape index (κ2) is 3.87. The Labute approximate surface area is 82.0 Å². The van der Waals surface area contributed by atoms with Crippen LogP contribution >= 0.6 is 0 Å². The van der Waals surface area contributed by atoms with E-state index in [1.54, 1.807) is 6.20 Å². The highest BCUT2D eigenvalue weighted by Crippen LogP contribution is 2.07. The molecule has 2 heterocycles. The first kappa shape index (κ1) is 9.48. The maximum absolute atomic E-state index is 5.10. The van der Waals surface area contributed by atoms with Crippen molar-refractivity contribution < 1.29 is 26.3 Å². The maximum Gasteiger partial charge on any atom is 0.248 e. The van der Waals surface area contributed by atoms with E-state index in [4.69, 9.17) is 4.74 Å². The van der Waals surface area contributed by atoms with Crippen LogP contribution in [-0.4, -0.2) is 17.3 Å². The zero-order valence-corrected chi connectivity index (χ0v) is 8.27. The molecule has 1 aliphatic heterocycles. The highest BCUT2D eigenvalue weighted by molar-refractivity contribution is 5.13. The van der Waals surface area contributed by atoms with Crippen molar-refractivity contribution >= 4 is 6.20 Å². The molecular formula is C8H11BrN2O. The number of rotatable bonds is 3. The van der Waals surface area contributed by atoms with E-state index in [9.17, 15) is 0 Å². The van der Waals surface area contributed by atoms with Gasteiger partial charge in [-0.3, -0.25) is 0 Å². The molecule has 0 radical (unpaired) electrons. The molecule has 0 aromatic carbocycles. The maximum atomic E-state index is 5.10. The normalized spacial score (nSPS) is 19.8. The van der Waals surface area contributed by atoms with Gasteiger partial charge in [0.1, 0.15) is 25.0 Å². The molecule has 12 heavy (non-hydrogen) atoms. The van der Waals surface area contributed by atoms with Crippen molar-refractivity contribution in [2.75, 3.05) is 6.61 Å². The summed E-state index contributed by atoms with van der Waals surface area (Å²) in [5.41, 5.74) is 0. The Kier molecular flexibility index (Phi) is 3.05. The SMILES string of the molecule is C=Cn1cc[n+](CC2CO2)c1.[Br-]. The van der Waals surface area contributed by atoms with Crippen molar-refractivity contribution in [2.24, 2.45) is 0 Å². The van der Waals surface area contributed by atoms with Gasteiger partial charge in [0.25, 0.3) is 0 Å². The molecule has 4 heteroatoms. The van der Waals surface area contributed by atoms with E-state index in [0.717, 1.165) is 13.2 Å². The number of hydrogen-bond donors (Lipinski definition) is 0. The van der Waals surface area contributed by atoms with E-state index in [1.165, 1.54) is 0 Å². The molecule has 1 aromatic rings. The van der Waals surface area contributed by atoms with Crippen LogP contribution in [0.1, 0.15) is 0 Å². The largest absolute Gasteiger partial charge is 1.00 e. The lowest BCUT2D eigenvalue weighted by molar-refractivity contribution is -0.697. The van der Waals surface area contributed by atoms with Gasteiger partial charge in [-0.25, -0.2) is 9.13 Å². The standard InChI is InChI=1S/C8H11N2O.BrH/c1-2-9-3-4-10(7-9)5-8-6-11-8;/h2-4,7-8H,1,5-6H2;1H/q+1;/p-1. The molecule has 1 unspecified atom stereocenters. The second-order valence-corrected chi connectivity index (χ2v) is 2.70. The van der Waals surface area contributed by atoms with Crippen LogP contribution in [0.4, 0.5) is 0 Å². The predicted octanol–water partition coefficient (Wildman–Crippen LogP) is -2.72. The number of ether oxygens (including phenoxy) is 1. The van der Waals surface area contributed by atoms with E-state index in [2.05, 4.69) is 11.1 Å². The van der Waals surface area contributed by atoms with Gasteiger partial charge in [0.2, 0.25) is 6.33 Å². The molecule has 0 N–H and O–H groups in total. The van der Waals surface area contributed by atoms with Crippen LogP contribution in [0.3, 0.4) is 0 Å². The zero-order valence-electron chi connectivity index (χ0n) is 6.69. The highest BCUT2D eigenvalue weighted by Gasteiger charge is 2.25. The van der Waals surface area contributed by atoms with Crippen LogP contribution in [0.25, 0.3) is 6.20 Å². The summed E-state index contributed by atoms with van der Waals surface area (Å²) in [6, 6.07) is 0. The van der Waals surface area contributed by atoms with Crippen molar-refractivity contribution in [3.63, 3.8) is 0 Å². The molecule has 0 bridgehead atoms. The number of epoxide rings is 1. The fourth-order valence-electron chi connectivity index (χ4n) is 1.04. The molecule has 1 saturated heterocycles. The average Bonchev–Trinajstić information content (AvgIpc) is 2.68. The fourth-order valence-corrected chi connectivity index (χ4v) is 1.04. The number of halogens is 1. The van der Waals surface area contributed by atoms with Crippen molar-refractivity contribution in [3.05, 3.63) is 25.3 Å². The first-order valence-electron chi connectivity index (χ1n) is 3.69. The Balaban J connectivity index is 0.000000720. The van der Waals surface area contributed by atoms with Gasteiger partial charge in [-0.2, -0.15) is 0 Å². The third-order valence-electron chi connectivity index (χ3n) is 1.74. The van der Waals surface area contributed by atoms with Gasteiger partial charge in [0, 0.05) is 0 Å². The molecule has 0 spiro atoms. The van der Waals surface area contributed by atoms with Crippen molar-refractivity contribution in [2.45, 2.75) is 12.6 Å². The Hall–Kier alpha value is -0.610. The molecule has 0 amide bonds. The second-order valence-electron chi connectivity index (χ2n) is 2.70. The van der Waals surface area contributed by atoms with Crippen molar-refractivity contribution in [1.82, 2.24) is 4.57 Å². The van der Waals surface area contributed by atoms with Crippen LogP contribution in [-0.2, 0) is 11.3 Å². The topological polar surface area (TPSA) is 21.3 Å². The summed E-state index contributed by atoms with van der Waals surface area (Å²) in [5, 5.41) is 0. The van der Waals surface area contributed by atoms with E-state index >= 15 is 0 Å². The summed E-state index contributed by atoms with van der Waals surface area (Å²) >= 11 is 0. The minimum Gasteiger partial charge on any atom is -1.00 e. The van der Waals surface area contributed by atoms with Crippen LogP contribution in [0.2, 0.25) is 0 Å². The van der Waals surface area contributed by atoms with E-state index in [-0.39, 0.29) is 17.0 Å². The van der Waals surface area contributed by atoms with Crippen molar-refractivity contribution in [3.8, 4) is 0 Å². The minimum atomic E-state index is 0. The molecule has 3 nitrogen and oxygen atoms in total. The van der Waals surface area contributed by atoms with Gasteiger partial charge in [-0.1, -0.05) is 6.58 Å². The Morgan fingerprint density at radius 2 is 2.50 bits per heavy atom. The lowest BCUT2D eigenvalue weighted by Gasteiger charge is -1.87. The van der Waals surface area contributed by atoms with Crippen LogP contribution in [0.15, 0.2) is 25.3 Å². The van der Waals surface area contributed by atoms with Crippen LogP contribution in [0.5, 0.6) is 0 Å². The number of imidazole rings is 1. The average molecular weight is 231 g/mol. The fraction of sp³-hybridized carbons (Fsp3) is 0.375. The summed E-state index contributed by atoms with van der Waals surface area (Å²) in [5.74, 6) is 0. The molecule has 1 aliphatic rings. The summed E-state index contributed by atoms with van der Waals surface area (Å²) < 4.78 is 9.11. The Morgan fingerprint density at radius 3 is 3.00 bits per heavy atom. The predicted molar refractivity (Wildman–Crippen MR) is 40.8 cm³/mol. The molecule has 1 aromatic heterocycles. The van der Waals surface area contributed by atoms with E-state index in [0.29, 0.717) is 6.10 Å². The quantitative estimate of drug-likeness (QED) is 0.409. The highest BCUT2D eigenvalue weighted by atomic mass is 79.9. The van der Waals surface area contributed by atoms with Gasteiger partial charge >= 0.3 is 0 Å². The van der Waals surface area contributed by atoms with Gasteiger partial charge in [0.05, 0.1) is 12.8 Å². The van der Waals surface area contributed by atoms with Gasteiger partial charge < -0.3 is 21.7 Å². The molecule has 66 valence electrons. The summed E-state index contributed by atoms with van der Waals surface area (Å²) in [6.45, 7) is 5.53. The lowest BCUT2D eigenvalue weighted by atomic mass is 10.5. The van der Waals surface area contributed by atoms with Gasteiger partial charge in [-0.05, 0) is 0 Å². The molecule has 1 atom stereocenters. The molecular weight excluding hydrogens is 220 g/mol. The first-order valence-corrected chi connectivity index (χ1v) is 3.69. The lowest BCUT2D eigenvalue weighted by Crippen LogP contribution is -3.00.